The fourth-order valence-corrected chi connectivity index (χ4v) is 9.97. The van der Waals surface area contributed by atoms with Gasteiger partial charge >= 0.3 is 0 Å². The number of aromatic nitrogens is 3. The van der Waals surface area contributed by atoms with Crippen molar-refractivity contribution in [3.05, 3.63) is 192 Å². The molecule has 0 N–H and O–H groups in total. The third kappa shape index (κ3) is 10.4. The number of para-hydroxylation sites is 3. The van der Waals surface area contributed by atoms with Crippen LogP contribution >= 0.6 is 0 Å². The first-order valence-electron chi connectivity index (χ1n) is 26.8. The summed E-state index contributed by atoms with van der Waals surface area (Å²) in [5.74, 6) is -1.29. The molecule has 6 heteroatoms. The van der Waals surface area contributed by atoms with Gasteiger partial charge in [0, 0.05) is 47.0 Å². The molecule has 0 aliphatic carbocycles. The van der Waals surface area contributed by atoms with Crippen molar-refractivity contribution in [2.24, 2.45) is 5.41 Å². The normalized spacial score (nSPS) is 14.1. The van der Waals surface area contributed by atoms with Crippen LogP contribution in [0.4, 0.5) is 0 Å². The van der Waals surface area contributed by atoms with E-state index in [0.717, 1.165) is 72.0 Å². The molecule has 0 fully saturated rings. The topological polar surface area (TPSA) is 43.9 Å². The molecule has 0 bridgehead atoms. The molecular formula is C63H63IrN3OSi-2. The molecule has 0 spiro atoms. The van der Waals surface area contributed by atoms with E-state index >= 15 is 0 Å². The Hall–Kier alpha value is -6.17. The van der Waals surface area contributed by atoms with Crippen molar-refractivity contribution in [3.63, 3.8) is 0 Å². The third-order valence-corrected chi connectivity index (χ3v) is 14.3. The largest absolute Gasteiger partial charge is 0.501 e. The van der Waals surface area contributed by atoms with Gasteiger partial charge in [0.2, 0.25) is 0 Å². The van der Waals surface area contributed by atoms with Crippen LogP contribution < -0.4 is 5.19 Å². The molecule has 69 heavy (non-hydrogen) atoms. The third-order valence-electron chi connectivity index (χ3n) is 12.2. The molecule has 0 aliphatic heterocycles. The molecule has 1 radical (unpaired) electrons. The standard InChI is InChI=1S/C40H39N2OSi.C23H24N.Ir/c1-25(2)33-23-28(27-19-21-29(22-20-27)44(5,6)7)24-34(26(3)4)38(33)42-36-17-10-9-16-35(36)41-40(42)32-15-12-14-31-30-13-8-11-18-37(30)43-39(31)32;1-17-10-12-20(14-21(17)19-8-6-5-7-9-19)22-13-11-18(16-24-22)15-23(2,3)4;/h8-14,16-26H,1-7H3;5-11,13-14,16H,15H2,1-4H3;/q2*-1;/i25D,26D;1D3,15D2;. The number of pyridine rings is 1. The number of fused-ring (bicyclic) bond motifs is 4. The van der Waals surface area contributed by atoms with Crippen LogP contribution in [0.3, 0.4) is 0 Å². The molecule has 3 heterocycles. The van der Waals surface area contributed by atoms with Crippen LogP contribution in [0, 0.1) is 24.4 Å². The average Bonchev–Trinajstić information content (AvgIpc) is 3.94. The van der Waals surface area contributed by atoms with E-state index in [1.54, 1.807) is 24.4 Å². The van der Waals surface area contributed by atoms with Gasteiger partial charge in [-0.2, -0.15) is 0 Å². The van der Waals surface area contributed by atoms with E-state index in [-0.39, 0.29) is 25.7 Å². The van der Waals surface area contributed by atoms with Crippen LogP contribution in [-0.4, -0.2) is 22.6 Å². The summed E-state index contributed by atoms with van der Waals surface area (Å²) >= 11 is 0. The summed E-state index contributed by atoms with van der Waals surface area (Å²) in [6, 6.07) is 56.0. The Morgan fingerprint density at radius 1 is 0.739 bits per heavy atom. The molecule has 0 amide bonds. The first-order chi connectivity index (χ1) is 35.1. The molecule has 3 aromatic heterocycles. The van der Waals surface area contributed by atoms with Gasteiger partial charge in [0.15, 0.2) is 0 Å². The molecule has 0 aliphatic rings. The van der Waals surface area contributed by atoms with Crippen LogP contribution in [0.25, 0.3) is 83.6 Å². The SMILES string of the molecule is [2H]C(C)(C)c1cc(-c2ccc([Si](C)(C)C)cc2)cc(C([2H])(C)C)c1-n1c(-c2[c-]ccc3c2oc2ccccc23)nc2ccccc21.[2H]C([2H])([2H])c1c[c-]c(-c2ccc(C([2H])([2H])C(C)(C)C)cn2)cc1-c1ccccc1.[Ir]. The summed E-state index contributed by atoms with van der Waals surface area (Å²) in [7, 11) is -1.46. The number of nitrogens with zero attached hydrogens (tertiary/aromatic N) is 3. The van der Waals surface area contributed by atoms with Crippen molar-refractivity contribution < 1.29 is 34.1 Å². The maximum absolute atomic E-state index is 9.46. The molecule has 0 saturated heterocycles. The van der Waals surface area contributed by atoms with E-state index in [9.17, 15) is 2.74 Å². The zero-order valence-corrected chi connectivity index (χ0v) is 44.5. The van der Waals surface area contributed by atoms with Crippen molar-refractivity contribution in [3.8, 4) is 50.6 Å². The number of imidazole rings is 1. The fourth-order valence-electron chi connectivity index (χ4n) is 8.80. The quantitative estimate of drug-likeness (QED) is 0.107. The van der Waals surface area contributed by atoms with Crippen LogP contribution in [0.1, 0.15) is 92.1 Å². The van der Waals surface area contributed by atoms with Crippen molar-refractivity contribution in [1.82, 2.24) is 14.5 Å². The predicted molar refractivity (Wildman–Crippen MR) is 291 cm³/mol. The van der Waals surface area contributed by atoms with Gasteiger partial charge in [-0.15, -0.1) is 47.5 Å². The second-order valence-electron chi connectivity index (χ2n) is 20.0. The Kier molecular flexibility index (Phi) is 11.8. The van der Waals surface area contributed by atoms with Gasteiger partial charge in [-0.25, -0.2) is 0 Å². The van der Waals surface area contributed by atoms with Crippen LogP contribution in [0.15, 0.2) is 162 Å². The monoisotopic (exact) mass is 1110 g/mol. The van der Waals surface area contributed by atoms with E-state index in [0.29, 0.717) is 28.2 Å². The van der Waals surface area contributed by atoms with Crippen molar-refractivity contribution in [1.29, 1.82) is 0 Å². The first-order valence-corrected chi connectivity index (χ1v) is 26.8. The number of rotatable bonds is 9. The van der Waals surface area contributed by atoms with Gasteiger partial charge in [0.05, 0.1) is 30.5 Å². The molecule has 351 valence electrons. The minimum Gasteiger partial charge on any atom is -0.501 e. The molecule has 10 rings (SSSR count). The number of furan rings is 1. The van der Waals surface area contributed by atoms with Gasteiger partial charge in [0.25, 0.3) is 0 Å². The molecule has 10 aromatic rings. The average molecular weight is 1110 g/mol. The summed E-state index contributed by atoms with van der Waals surface area (Å²) in [5, 5.41) is 3.45. The van der Waals surface area contributed by atoms with Gasteiger partial charge < -0.3 is 14.0 Å². The van der Waals surface area contributed by atoms with Crippen LogP contribution in [0.5, 0.6) is 0 Å². The number of benzene rings is 7. The number of hydrogen-bond donors (Lipinski definition) is 0. The van der Waals surface area contributed by atoms with E-state index < -0.39 is 38.5 Å². The summed E-state index contributed by atoms with van der Waals surface area (Å²) in [6.45, 7) is 18.1. The molecule has 4 nitrogen and oxygen atoms in total. The Bertz CT molecular complexity index is 3670. The smallest absolute Gasteiger partial charge is 0.120 e. The van der Waals surface area contributed by atoms with Gasteiger partial charge in [-0.05, 0) is 93.0 Å². The summed E-state index contributed by atoms with van der Waals surface area (Å²) < 4.78 is 67.9. The van der Waals surface area contributed by atoms with Gasteiger partial charge in [-0.3, -0.25) is 4.98 Å². The van der Waals surface area contributed by atoms with Crippen LogP contribution in [-0.2, 0) is 26.5 Å². The summed E-state index contributed by atoms with van der Waals surface area (Å²) in [4.78, 5) is 9.64. The Balaban J connectivity index is 0.000000221. The van der Waals surface area contributed by atoms with Gasteiger partial charge in [0.1, 0.15) is 5.58 Å². The van der Waals surface area contributed by atoms with E-state index in [4.69, 9.17) is 16.3 Å². The van der Waals surface area contributed by atoms with Crippen molar-refractivity contribution in [2.75, 3.05) is 0 Å². The zero-order valence-electron chi connectivity index (χ0n) is 48.1. The van der Waals surface area contributed by atoms with Crippen LogP contribution in [0.2, 0.25) is 19.6 Å². The minimum atomic E-state index is -2.25. The maximum atomic E-state index is 9.46. The van der Waals surface area contributed by atoms with Crippen molar-refractivity contribution >= 4 is 46.2 Å². The maximum Gasteiger partial charge on any atom is 0.120 e. The Labute approximate surface area is 434 Å². The predicted octanol–water partition coefficient (Wildman–Crippen LogP) is 17.0. The number of hydrogen-bond acceptors (Lipinski definition) is 3. The molecule has 0 saturated carbocycles. The second-order valence-corrected chi connectivity index (χ2v) is 25.1. The first kappa shape index (κ1) is 40.7. The minimum absolute atomic E-state index is 0. The summed E-state index contributed by atoms with van der Waals surface area (Å²) in [6.07, 6.45) is 0.0246. The zero-order chi connectivity index (χ0) is 54.0. The van der Waals surface area contributed by atoms with Crippen molar-refractivity contribution in [2.45, 2.75) is 93.1 Å². The van der Waals surface area contributed by atoms with Gasteiger partial charge in [-0.1, -0.05) is 194 Å². The number of aryl methyl sites for hydroxylation is 1. The van der Waals surface area contributed by atoms with E-state index in [2.05, 4.69) is 89.9 Å². The Morgan fingerprint density at radius 3 is 2.07 bits per heavy atom. The van der Waals surface area contributed by atoms with E-state index in [1.165, 1.54) is 11.3 Å². The molecular weight excluding hydrogens is 1040 g/mol. The second kappa shape index (κ2) is 20.0. The molecule has 0 unspecified atom stereocenters. The molecule has 0 atom stereocenters. The Morgan fingerprint density at radius 2 is 1.42 bits per heavy atom. The molecule has 7 aromatic carbocycles. The fraction of sp³-hybridized carbons (Fsp3) is 0.238. The van der Waals surface area contributed by atoms with E-state index in [1.807, 2.05) is 127 Å². The summed E-state index contributed by atoms with van der Waals surface area (Å²) in [5.41, 5.74) is 11.5.